The molecule has 1 atom stereocenters. The van der Waals surface area contributed by atoms with Gasteiger partial charge < -0.3 is 29.6 Å². The van der Waals surface area contributed by atoms with E-state index in [1.165, 1.54) is 0 Å². The van der Waals surface area contributed by atoms with E-state index < -0.39 is 6.04 Å². The number of nitrogens with zero attached hydrogens (tertiary/aromatic N) is 1. The number of aromatic nitrogens is 1. The molecule has 1 aromatic heterocycles. The number of hydrogen-bond donors (Lipinski definition) is 2. The van der Waals surface area contributed by atoms with E-state index in [0.717, 1.165) is 10.9 Å². The van der Waals surface area contributed by atoms with Gasteiger partial charge in [0.15, 0.2) is 11.5 Å². The van der Waals surface area contributed by atoms with Crippen molar-refractivity contribution in [1.82, 2.24) is 10.3 Å². The zero-order valence-corrected chi connectivity index (χ0v) is 25.9. The molecule has 46 heavy (non-hydrogen) atoms. The molecule has 9 heteroatoms. The minimum absolute atomic E-state index is 0.181. The summed E-state index contributed by atoms with van der Waals surface area (Å²) < 4.78 is 23.2. The Bertz CT molecular complexity index is 1730. The third kappa shape index (κ3) is 8.61. The molecule has 0 radical (unpaired) electrons. The number of pyridine rings is 1. The topological polar surface area (TPSA) is 108 Å². The van der Waals surface area contributed by atoms with E-state index in [4.69, 9.17) is 18.9 Å². The van der Waals surface area contributed by atoms with Crippen LogP contribution >= 0.6 is 0 Å². The van der Waals surface area contributed by atoms with Crippen LogP contribution in [-0.2, 0) is 16.0 Å². The van der Waals surface area contributed by atoms with Crippen molar-refractivity contribution in [2.24, 2.45) is 0 Å². The number of carbonyl (C=O) groups is 2. The van der Waals surface area contributed by atoms with Gasteiger partial charge in [-0.1, -0.05) is 48.5 Å². The average Bonchev–Trinajstić information content (AvgIpc) is 3.09. The smallest absolute Gasteiger partial charge is 0.323 e. The average molecular weight is 620 g/mol. The molecule has 0 saturated carbocycles. The van der Waals surface area contributed by atoms with E-state index in [9.17, 15) is 9.59 Å². The highest BCUT2D eigenvalue weighted by Crippen LogP contribution is 2.37. The number of anilines is 1. The molecule has 0 aliphatic rings. The number of benzene rings is 4. The van der Waals surface area contributed by atoms with E-state index in [1.54, 1.807) is 62.7 Å². The molecule has 0 unspecified atom stereocenters. The predicted octanol–water partition coefficient (Wildman–Crippen LogP) is 6.82. The Morgan fingerprint density at radius 2 is 1.59 bits per heavy atom. The maximum absolute atomic E-state index is 12.5. The van der Waals surface area contributed by atoms with Gasteiger partial charge in [-0.15, -0.1) is 0 Å². The predicted molar refractivity (Wildman–Crippen MR) is 178 cm³/mol. The number of fused-ring (bicyclic) bond motifs is 1. The van der Waals surface area contributed by atoms with Gasteiger partial charge in [-0.05, 0) is 80.4 Å². The Morgan fingerprint density at radius 1 is 0.848 bits per heavy atom. The molecule has 236 valence electrons. The molecule has 9 nitrogen and oxygen atoms in total. The first-order valence-electron chi connectivity index (χ1n) is 15.2. The molecular weight excluding hydrogens is 582 g/mol. The lowest BCUT2D eigenvalue weighted by Gasteiger charge is -2.18. The van der Waals surface area contributed by atoms with Gasteiger partial charge in [0, 0.05) is 28.9 Å². The molecule has 2 N–H and O–H groups in total. The molecule has 0 fully saturated rings. The highest BCUT2D eigenvalue weighted by molar-refractivity contribution is 6.04. The Labute approximate surface area is 268 Å². The number of amides is 1. The van der Waals surface area contributed by atoms with Crippen molar-refractivity contribution >= 4 is 28.5 Å². The highest BCUT2D eigenvalue weighted by atomic mass is 16.5. The number of ether oxygens (including phenoxy) is 4. The summed E-state index contributed by atoms with van der Waals surface area (Å²) in [6.07, 6.45) is 2.88. The van der Waals surface area contributed by atoms with Crippen LogP contribution in [0.2, 0.25) is 0 Å². The number of hydrogen-bond acceptors (Lipinski definition) is 8. The van der Waals surface area contributed by atoms with Gasteiger partial charge in [0.2, 0.25) is 0 Å². The Balaban J connectivity index is 1.19. The number of esters is 1. The molecule has 0 spiro atoms. The number of methoxy groups -OCH3 is 1. The van der Waals surface area contributed by atoms with Crippen LogP contribution in [0.25, 0.3) is 10.9 Å². The van der Waals surface area contributed by atoms with Crippen molar-refractivity contribution in [3.63, 3.8) is 0 Å². The first-order chi connectivity index (χ1) is 22.5. The van der Waals surface area contributed by atoms with Crippen molar-refractivity contribution in [2.45, 2.75) is 25.8 Å². The minimum atomic E-state index is -0.440. The second-order valence-electron chi connectivity index (χ2n) is 10.4. The number of nitrogens with one attached hydrogen (secondary N) is 2. The molecule has 5 rings (SSSR count). The molecule has 5 aromatic rings. The summed E-state index contributed by atoms with van der Waals surface area (Å²) in [6.45, 7) is 3.11. The largest absolute Gasteiger partial charge is 0.493 e. The van der Waals surface area contributed by atoms with E-state index in [-0.39, 0.29) is 11.9 Å². The van der Waals surface area contributed by atoms with Gasteiger partial charge >= 0.3 is 5.97 Å². The van der Waals surface area contributed by atoms with E-state index >= 15 is 0 Å². The summed E-state index contributed by atoms with van der Waals surface area (Å²) in [6, 6.07) is 31.1. The normalized spacial score (nSPS) is 11.4. The van der Waals surface area contributed by atoms with Crippen LogP contribution in [0, 0.1) is 0 Å². The fourth-order valence-electron chi connectivity index (χ4n) is 4.88. The first-order valence-corrected chi connectivity index (χ1v) is 15.2. The van der Waals surface area contributed by atoms with Gasteiger partial charge in [-0.25, -0.2) is 0 Å². The van der Waals surface area contributed by atoms with Crippen molar-refractivity contribution in [2.75, 3.05) is 32.2 Å². The second kappa shape index (κ2) is 16.1. The van der Waals surface area contributed by atoms with Crippen LogP contribution in [0.4, 0.5) is 5.69 Å². The van der Waals surface area contributed by atoms with Crippen molar-refractivity contribution in [3.8, 4) is 23.0 Å². The standard InChI is InChI=1S/C37H37N3O6/c1-3-44-37(42)32(23-26-11-6-4-7-12-26)38-20-10-22-45-35-25-31-30(24-34(35)43-2)33(19-21-39-31)46-29-17-15-28(16-18-29)40-36(41)27-13-8-5-9-14-27/h4-9,11-19,21,24-25,32,38H,3,10,20,22-23H2,1-2H3,(H,40,41)/t32-/m0/s1. The fraction of sp³-hybridized carbons (Fsp3) is 0.216. The Hall–Kier alpha value is -5.41. The summed E-state index contributed by atoms with van der Waals surface area (Å²) >= 11 is 0. The molecular formula is C37H37N3O6. The lowest BCUT2D eigenvalue weighted by atomic mass is 10.1. The van der Waals surface area contributed by atoms with Crippen LogP contribution < -0.4 is 24.8 Å². The number of rotatable bonds is 15. The van der Waals surface area contributed by atoms with E-state index in [1.807, 2.05) is 60.7 Å². The van der Waals surface area contributed by atoms with Crippen LogP contribution in [-0.4, -0.2) is 49.8 Å². The molecule has 1 amide bonds. The van der Waals surface area contributed by atoms with Gasteiger partial charge in [0.25, 0.3) is 5.91 Å². The lowest BCUT2D eigenvalue weighted by molar-refractivity contribution is -0.145. The quantitative estimate of drug-likeness (QED) is 0.0971. The zero-order valence-electron chi connectivity index (χ0n) is 25.9. The maximum Gasteiger partial charge on any atom is 0.323 e. The van der Waals surface area contributed by atoms with Crippen LogP contribution in [0.3, 0.4) is 0 Å². The fourth-order valence-corrected chi connectivity index (χ4v) is 4.88. The second-order valence-corrected chi connectivity index (χ2v) is 10.4. The number of carbonyl (C=O) groups excluding carboxylic acids is 2. The van der Waals surface area contributed by atoms with Crippen LogP contribution in [0.5, 0.6) is 23.0 Å². The van der Waals surface area contributed by atoms with Gasteiger partial charge in [-0.2, -0.15) is 0 Å². The SMILES string of the molecule is CCOC(=O)[C@H](Cc1ccccc1)NCCCOc1cc2nccc(Oc3ccc(NC(=O)c4ccccc4)cc3)c2cc1OC. The maximum atomic E-state index is 12.5. The van der Waals surface area contributed by atoms with Crippen molar-refractivity contribution in [3.05, 3.63) is 120 Å². The van der Waals surface area contributed by atoms with Gasteiger partial charge in [0.05, 0.1) is 25.8 Å². The monoisotopic (exact) mass is 619 g/mol. The summed E-state index contributed by atoms with van der Waals surface area (Å²) in [4.78, 5) is 29.5. The Kier molecular flexibility index (Phi) is 11.2. The van der Waals surface area contributed by atoms with Crippen LogP contribution in [0.15, 0.2) is 109 Å². The van der Waals surface area contributed by atoms with Crippen molar-refractivity contribution < 1.29 is 28.5 Å². The summed E-state index contributed by atoms with van der Waals surface area (Å²) in [5.41, 5.74) is 2.99. The summed E-state index contributed by atoms with van der Waals surface area (Å²) in [5, 5.41) is 6.96. The molecule has 0 saturated heterocycles. The van der Waals surface area contributed by atoms with Crippen LogP contribution in [0.1, 0.15) is 29.3 Å². The highest BCUT2D eigenvalue weighted by Gasteiger charge is 2.19. The zero-order chi connectivity index (χ0) is 32.1. The lowest BCUT2D eigenvalue weighted by Crippen LogP contribution is -2.40. The van der Waals surface area contributed by atoms with Gasteiger partial charge in [-0.3, -0.25) is 14.6 Å². The first kappa shape index (κ1) is 32.0. The molecule has 0 bridgehead atoms. The molecule has 0 aliphatic heterocycles. The third-order valence-electron chi connectivity index (χ3n) is 7.19. The van der Waals surface area contributed by atoms with Crippen molar-refractivity contribution in [1.29, 1.82) is 0 Å². The summed E-state index contributed by atoms with van der Waals surface area (Å²) in [7, 11) is 1.59. The molecule has 4 aromatic carbocycles. The minimum Gasteiger partial charge on any atom is -0.493 e. The summed E-state index contributed by atoms with van der Waals surface area (Å²) in [5.74, 6) is 1.86. The van der Waals surface area contributed by atoms with E-state index in [0.29, 0.717) is 72.4 Å². The molecule has 1 heterocycles. The van der Waals surface area contributed by atoms with E-state index in [2.05, 4.69) is 15.6 Å². The Morgan fingerprint density at radius 3 is 2.30 bits per heavy atom. The van der Waals surface area contributed by atoms with Gasteiger partial charge in [0.1, 0.15) is 17.5 Å². The molecule has 0 aliphatic carbocycles. The third-order valence-corrected chi connectivity index (χ3v) is 7.19.